The lowest BCUT2D eigenvalue weighted by atomic mass is 10.1. The molecule has 1 aliphatic heterocycles. The highest BCUT2D eigenvalue weighted by atomic mass is 16.2. The zero-order valence-corrected chi connectivity index (χ0v) is 13.9. The Bertz CT molecular complexity index is 809. The molecule has 1 N–H and O–H groups in total. The summed E-state index contributed by atoms with van der Waals surface area (Å²) in [6, 6.07) is 7.17. The van der Waals surface area contributed by atoms with Gasteiger partial charge >= 0.3 is 0 Å². The predicted molar refractivity (Wildman–Crippen MR) is 90.9 cm³/mol. The summed E-state index contributed by atoms with van der Waals surface area (Å²) in [4.78, 5) is 38.0. The van der Waals surface area contributed by atoms with Gasteiger partial charge in [0, 0.05) is 35.8 Å². The molecule has 0 aliphatic carbocycles. The average molecular weight is 327 g/mol. The fraction of sp³-hybridized carbons (Fsp3) is 0.389. The van der Waals surface area contributed by atoms with Gasteiger partial charge < -0.3 is 14.8 Å². The van der Waals surface area contributed by atoms with E-state index in [1.54, 1.807) is 11.1 Å². The lowest BCUT2D eigenvalue weighted by Gasteiger charge is -2.30. The topological polar surface area (TPSA) is 71.4 Å². The Morgan fingerprint density at radius 1 is 1.29 bits per heavy atom. The van der Waals surface area contributed by atoms with E-state index in [4.69, 9.17) is 0 Å². The van der Waals surface area contributed by atoms with E-state index in [0.29, 0.717) is 25.1 Å². The van der Waals surface area contributed by atoms with Crippen molar-refractivity contribution in [1.82, 2.24) is 14.8 Å². The SMILES string of the molecule is CC[C@@H](C(=O)N1CCNC(=O)C1)n1cc(C(C)=O)c2ccccc21. The predicted octanol–water partition coefficient (Wildman–Crippen LogP) is 1.75. The Morgan fingerprint density at radius 2 is 2.04 bits per heavy atom. The maximum atomic E-state index is 12.9. The number of aromatic nitrogens is 1. The van der Waals surface area contributed by atoms with Crippen LogP contribution in [0.5, 0.6) is 0 Å². The standard InChI is InChI=1S/C18H21N3O3/c1-3-15(18(24)20-9-8-19-17(23)11-20)21-10-14(12(2)22)13-6-4-5-7-16(13)21/h4-7,10,15H,3,8-9,11H2,1-2H3,(H,19,23)/t15-/m0/s1. The van der Waals surface area contributed by atoms with E-state index >= 15 is 0 Å². The number of para-hydroxylation sites is 1. The summed E-state index contributed by atoms with van der Waals surface area (Å²) in [5.74, 6) is -0.237. The van der Waals surface area contributed by atoms with E-state index in [9.17, 15) is 14.4 Å². The minimum absolute atomic E-state index is 0.0235. The molecule has 1 aliphatic rings. The van der Waals surface area contributed by atoms with Crippen LogP contribution in [0.4, 0.5) is 0 Å². The first kappa shape index (κ1) is 16.2. The highest BCUT2D eigenvalue weighted by molar-refractivity contribution is 6.07. The number of piperazine rings is 1. The molecule has 2 amide bonds. The Morgan fingerprint density at radius 3 is 2.71 bits per heavy atom. The van der Waals surface area contributed by atoms with E-state index in [0.717, 1.165) is 10.9 Å². The molecule has 1 aromatic carbocycles. The second-order valence-electron chi connectivity index (χ2n) is 6.06. The van der Waals surface area contributed by atoms with E-state index in [2.05, 4.69) is 5.32 Å². The molecule has 6 heteroatoms. The quantitative estimate of drug-likeness (QED) is 0.870. The number of carbonyl (C=O) groups is 3. The molecule has 0 bridgehead atoms. The van der Waals surface area contributed by atoms with E-state index < -0.39 is 6.04 Å². The van der Waals surface area contributed by atoms with E-state index in [1.807, 2.05) is 35.8 Å². The number of hydrogen-bond donors (Lipinski definition) is 1. The molecule has 1 saturated heterocycles. The van der Waals surface area contributed by atoms with Gasteiger partial charge in [0.25, 0.3) is 0 Å². The smallest absolute Gasteiger partial charge is 0.246 e. The van der Waals surface area contributed by atoms with Crippen LogP contribution in [-0.2, 0) is 9.59 Å². The van der Waals surface area contributed by atoms with Crippen molar-refractivity contribution < 1.29 is 14.4 Å². The number of rotatable bonds is 4. The number of Topliss-reactive ketones (excluding diaryl/α,β-unsaturated/α-hetero) is 1. The molecule has 0 unspecified atom stereocenters. The van der Waals surface area contributed by atoms with E-state index in [-0.39, 0.29) is 24.1 Å². The number of amides is 2. The molecule has 1 fully saturated rings. The van der Waals surface area contributed by atoms with Crippen LogP contribution in [0.2, 0.25) is 0 Å². The third kappa shape index (κ3) is 2.79. The van der Waals surface area contributed by atoms with Crippen molar-refractivity contribution in [1.29, 1.82) is 0 Å². The zero-order chi connectivity index (χ0) is 17.3. The van der Waals surface area contributed by atoms with Gasteiger partial charge in [-0.3, -0.25) is 14.4 Å². The molecule has 0 saturated carbocycles. The highest BCUT2D eigenvalue weighted by Gasteiger charge is 2.29. The maximum Gasteiger partial charge on any atom is 0.246 e. The minimum Gasteiger partial charge on any atom is -0.353 e. The summed E-state index contributed by atoms with van der Waals surface area (Å²) in [6.45, 7) is 4.55. The number of hydrogen-bond acceptors (Lipinski definition) is 3. The first-order valence-corrected chi connectivity index (χ1v) is 8.19. The summed E-state index contributed by atoms with van der Waals surface area (Å²) in [6.07, 6.45) is 2.36. The van der Waals surface area contributed by atoms with Gasteiger partial charge in [-0.25, -0.2) is 0 Å². The molecule has 0 spiro atoms. The molecule has 24 heavy (non-hydrogen) atoms. The van der Waals surface area contributed by atoms with Crippen molar-refractivity contribution in [3.8, 4) is 0 Å². The van der Waals surface area contributed by atoms with Gasteiger partial charge in [0.05, 0.1) is 6.54 Å². The maximum absolute atomic E-state index is 12.9. The van der Waals surface area contributed by atoms with Crippen LogP contribution < -0.4 is 5.32 Å². The van der Waals surface area contributed by atoms with Gasteiger partial charge in [0.1, 0.15) is 6.04 Å². The summed E-state index contributed by atoms with van der Waals surface area (Å²) in [5.41, 5.74) is 1.48. The number of carbonyl (C=O) groups excluding carboxylic acids is 3. The van der Waals surface area contributed by atoms with Crippen LogP contribution in [0.3, 0.4) is 0 Å². The molecular formula is C18H21N3O3. The number of nitrogens with one attached hydrogen (secondary N) is 1. The van der Waals surface area contributed by atoms with Crippen LogP contribution in [0.25, 0.3) is 10.9 Å². The molecule has 0 radical (unpaired) electrons. The minimum atomic E-state index is -0.422. The van der Waals surface area contributed by atoms with Crippen LogP contribution in [-0.4, -0.2) is 46.7 Å². The van der Waals surface area contributed by atoms with Gasteiger partial charge in [-0.1, -0.05) is 25.1 Å². The lowest BCUT2D eigenvalue weighted by Crippen LogP contribution is -2.51. The molecule has 1 aromatic heterocycles. The van der Waals surface area contributed by atoms with Crippen molar-refractivity contribution in [3.63, 3.8) is 0 Å². The van der Waals surface area contributed by atoms with Crippen molar-refractivity contribution >= 4 is 28.5 Å². The van der Waals surface area contributed by atoms with Gasteiger partial charge in [-0.05, 0) is 19.4 Å². The molecule has 2 heterocycles. The van der Waals surface area contributed by atoms with Gasteiger partial charge in [0.2, 0.25) is 11.8 Å². The van der Waals surface area contributed by atoms with E-state index in [1.165, 1.54) is 6.92 Å². The number of benzene rings is 1. The Balaban J connectivity index is 2.02. The second kappa shape index (κ2) is 6.47. The van der Waals surface area contributed by atoms with Crippen molar-refractivity contribution in [3.05, 3.63) is 36.0 Å². The lowest BCUT2D eigenvalue weighted by molar-refractivity contribution is -0.140. The molecule has 1 atom stereocenters. The third-order valence-corrected chi connectivity index (χ3v) is 4.48. The molecule has 6 nitrogen and oxygen atoms in total. The third-order valence-electron chi connectivity index (χ3n) is 4.48. The van der Waals surface area contributed by atoms with Crippen LogP contribution >= 0.6 is 0 Å². The first-order valence-electron chi connectivity index (χ1n) is 8.19. The largest absolute Gasteiger partial charge is 0.353 e. The zero-order valence-electron chi connectivity index (χ0n) is 13.9. The Labute approximate surface area is 140 Å². The van der Waals surface area contributed by atoms with Crippen LogP contribution in [0.1, 0.15) is 36.7 Å². The molecule has 126 valence electrons. The Hall–Kier alpha value is -2.63. The van der Waals surface area contributed by atoms with Crippen molar-refractivity contribution in [2.24, 2.45) is 0 Å². The monoisotopic (exact) mass is 327 g/mol. The number of fused-ring (bicyclic) bond motifs is 1. The first-order chi connectivity index (χ1) is 11.5. The molecule has 3 rings (SSSR count). The van der Waals surface area contributed by atoms with Crippen LogP contribution in [0, 0.1) is 0 Å². The van der Waals surface area contributed by atoms with Gasteiger partial charge in [0.15, 0.2) is 5.78 Å². The average Bonchev–Trinajstić information content (AvgIpc) is 2.95. The van der Waals surface area contributed by atoms with Crippen molar-refractivity contribution in [2.75, 3.05) is 19.6 Å². The number of ketones is 1. The number of nitrogens with zero attached hydrogens (tertiary/aromatic N) is 2. The normalized spacial score (nSPS) is 16.1. The van der Waals surface area contributed by atoms with Gasteiger partial charge in [-0.2, -0.15) is 0 Å². The molecule has 2 aromatic rings. The Kier molecular flexibility index (Phi) is 4.38. The summed E-state index contributed by atoms with van der Waals surface area (Å²) in [5, 5.41) is 3.58. The molecular weight excluding hydrogens is 306 g/mol. The highest BCUT2D eigenvalue weighted by Crippen LogP contribution is 2.27. The van der Waals surface area contributed by atoms with Crippen LogP contribution in [0.15, 0.2) is 30.5 Å². The van der Waals surface area contributed by atoms with Crippen molar-refractivity contribution in [2.45, 2.75) is 26.3 Å². The summed E-state index contributed by atoms with van der Waals surface area (Å²) >= 11 is 0. The van der Waals surface area contributed by atoms with Gasteiger partial charge in [-0.15, -0.1) is 0 Å². The second-order valence-corrected chi connectivity index (χ2v) is 6.06. The summed E-state index contributed by atoms with van der Waals surface area (Å²) in [7, 11) is 0. The summed E-state index contributed by atoms with van der Waals surface area (Å²) < 4.78 is 1.88. The fourth-order valence-electron chi connectivity index (χ4n) is 3.27. The fourth-order valence-corrected chi connectivity index (χ4v) is 3.27.